The number of phenols is 1. The molecule has 0 saturated heterocycles. The van der Waals surface area contributed by atoms with E-state index in [0.717, 1.165) is 19.3 Å². The molecule has 0 aliphatic carbocycles. The van der Waals surface area contributed by atoms with Crippen molar-refractivity contribution in [2.75, 3.05) is 36.1 Å². The normalized spacial score (nSPS) is 11.4. The van der Waals surface area contributed by atoms with Crippen LogP contribution in [0.2, 0.25) is 5.28 Å². The fraction of sp³-hybridized carbons (Fsp3) is 0.222. The van der Waals surface area contributed by atoms with E-state index >= 15 is 0 Å². The van der Waals surface area contributed by atoms with Gasteiger partial charge in [-0.25, -0.2) is 10.5 Å². The minimum atomic E-state index is -0.161. The van der Waals surface area contributed by atoms with E-state index in [1.54, 1.807) is 36.4 Å². The number of nitrogen functional groups attached to an aromatic ring is 1. The van der Waals surface area contributed by atoms with Crippen molar-refractivity contribution in [3.63, 3.8) is 0 Å². The Morgan fingerprint density at radius 2 is 1.74 bits per heavy atom. The van der Waals surface area contributed by atoms with Crippen LogP contribution in [0.4, 0.5) is 34.6 Å². The van der Waals surface area contributed by atoms with Crippen LogP contribution >= 0.6 is 35.7 Å². The van der Waals surface area contributed by atoms with Crippen LogP contribution in [0.15, 0.2) is 75.1 Å². The second-order valence-corrected chi connectivity index (χ2v) is 10.9. The number of aromatic nitrogens is 3. The van der Waals surface area contributed by atoms with Crippen LogP contribution in [0.5, 0.6) is 5.75 Å². The molecule has 1 heterocycles. The van der Waals surface area contributed by atoms with Crippen LogP contribution in [0, 0.1) is 0 Å². The molecule has 1 aromatic heterocycles. The van der Waals surface area contributed by atoms with Crippen molar-refractivity contribution in [3.05, 3.63) is 60.4 Å². The zero-order valence-corrected chi connectivity index (χ0v) is 26.3. The quantitative estimate of drug-likeness (QED) is 0.0105. The van der Waals surface area contributed by atoms with E-state index in [1.807, 2.05) is 6.08 Å². The molecule has 0 spiro atoms. The number of anilines is 4. The van der Waals surface area contributed by atoms with Crippen LogP contribution in [-0.4, -0.2) is 50.3 Å². The number of aromatic hydroxyl groups is 1. The molecule has 0 aliphatic heterocycles. The Kier molecular flexibility index (Phi) is 14.0. The molecule has 0 atom stereocenters. The third-order valence-electron chi connectivity index (χ3n) is 5.92. The number of allylic oxidation sites excluding steroid dienone is 1. The van der Waals surface area contributed by atoms with E-state index in [2.05, 4.69) is 61.1 Å². The second kappa shape index (κ2) is 18.4. The fourth-order valence-corrected chi connectivity index (χ4v) is 5.02. The van der Waals surface area contributed by atoms with E-state index < -0.39 is 0 Å². The number of unbranched alkanes of at least 4 members (excludes halogenated alkanes) is 1. The first-order valence-corrected chi connectivity index (χ1v) is 15.3. The molecule has 0 radical (unpaired) electrons. The Labute approximate surface area is 276 Å². The van der Waals surface area contributed by atoms with E-state index in [-0.39, 0.29) is 34.3 Å². The van der Waals surface area contributed by atoms with Gasteiger partial charge in [-0.05, 0) is 72.6 Å². The van der Waals surface area contributed by atoms with Gasteiger partial charge in [0.05, 0.1) is 40.1 Å². The molecule has 0 unspecified atom stereocenters. The monoisotopic (exact) mass is 692 g/mol. The molecule has 0 amide bonds. The largest absolute Gasteiger partial charge is 0.507 e. The summed E-state index contributed by atoms with van der Waals surface area (Å²) in [4.78, 5) is 13.4. The molecule has 4 rings (SSSR count). The summed E-state index contributed by atoms with van der Waals surface area (Å²) >= 11 is 7.47. The highest BCUT2D eigenvalue weighted by molar-refractivity contribution is 7.94. The van der Waals surface area contributed by atoms with Gasteiger partial charge in [0, 0.05) is 30.3 Å². The van der Waals surface area contributed by atoms with Crippen molar-refractivity contribution in [2.24, 2.45) is 10.2 Å². The lowest BCUT2D eigenvalue weighted by Crippen LogP contribution is -2.10. The third kappa shape index (κ3) is 10.4. The maximum Gasteiger partial charge on any atom is 0.233 e. The Hall–Kier alpha value is -3.82. The summed E-state index contributed by atoms with van der Waals surface area (Å²) in [6.45, 7) is 5.51. The summed E-state index contributed by atoms with van der Waals surface area (Å²) in [5.41, 5.74) is 7.42. The van der Waals surface area contributed by atoms with Gasteiger partial charge in [-0.15, -0.1) is 25.5 Å². The summed E-state index contributed by atoms with van der Waals surface area (Å²) in [5, 5.41) is 50.9. The van der Waals surface area contributed by atoms with Crippen LogP contribution in [-0.2, 0) is 23.5 Å². The second-order valence-electron chi connectivity index (χ2n) is 9.08. The van der Waals surface area contributed by atoms with Crippen molar-refractivity contribution in [3.8, 4) is 5.75 Å². The molecule has 46 heavy (non-hydrogen) atoms. The smallest absolute Gasteiger partial charge is 0.233 e. The first kappa shape index (κ1) is 35.0. The number of nitrogens with two attached hydrogens (primary N) is 1. The average Bonchev–Trinajstić information content (AvgIpc) is 3.04. The standard InChI is InChI=1S/C27H29ClN8O8S2/c1-2-3-4-11-40-12-5-10-30-26-32-25(28)33-27(34-26)31-17-7-9-20(22(14-17)46-44-42-39)35-36-24-19(29)8-6-16-13-18(45-43-41-38)15-21(37)23(16)24/h2,6-9,13-15,37-39H,1,3-5,10-12,29H2,(H2,30,31,32,33,34). The van der Waals surface area contributed by atoms with Crippen molar-refractivity contribution < 1.29 is 39.1 Å². The van der Waals surface area contributed by atoms with E-state index in [0.29, 0.717) is 75.8 Å². The van der Waals surface area contributed by atoms with Crippen molar-refractivity contribution in [1.82, 2.24) is 15.0 Å². The van der Waals surface area contributed by atoms with E-state index in [4.69, 9.17) is 32.6 Å². The van der Waals surface area contributed by atoms with Crippen LogP contribution < -0.4 is 16.4 Å². The molecule has 0 saturated carbocycles. The zero-order chi connectivity index (χ0) is 32.7. The number of ether oxygens (including phenoxy) is 1. The molecule has 3 aromatic carbocycles. The van der Waals surface area contributed by atoms with Crippen molar-refractivity contribution in [1.29, 1.82) is 0 Å². The highest BCUT2D eigenvalue weighted by Gasteiger charge is 2.14. The van der Waals surface area contributed by atoms with Gasteiger partial charge < -0.3 is 26.2 Å². The maximum atomic E-state index is 10.7. The topological polar surface area (TPSA) is 220 Å². The number of rotatable bonds is 19. The molecular formula is C27H29ClN8O8S2. The summed E-state index contributed by atoms with van der Waals surface area (Å²) in [7, 11) is 0. The van der Waals surface area contributed by atoms with E-state index in [1.165, 1.54) is 6.07 Å². The predicted molar refractivity (Wildman–Crippen MR) is 173 cm³/mol. The fourth-order valence-electron chi connectivity index (χ4n) is 3.94. The van der Waals surface area contributed by atoms with Crippen molar-refractivity contribution in [2.45, 2.75) is 29.1 Å². The average molecular weight is 693 g/mol. The number of halogens is 1. The molecule has 0 fully saturated rings. The number of nitrogens with one attached hydrogen (secondary N) is 2. The Morgan fingerprint density at radius 1 is 0.957 bits per heavy atom. The first-order valence-electron chi connectivity index (χ1n) is 13.4. The van der Waals surface area contributed by atoms with Gasteiger partial charge in [-0.1, -0.05) is 22.2 Å². The minimum absolute atomic E-state index is 0.0198. The predicted octanol–water partition coefficient (Wildman–Crippen LogP) is 7.77. The van der Waals surface area contributed by atoms with Crippen molar-refractivity contribution >= 4 is 81.1 Å². The summed E-state index contributed by atoms with van der Waals surface area (Å²) in [6.07, 6.45) is 4.45. The number of nitrogens with zero attached hydrogens (tertiary/aromatic N) is 5. The molecule has 19 heteroatoms. The first-order chi connectivity index (χ1) is 22.4. The molecule has 0 bridgehead atoms. The number of phenolic OH excluding ortho intramolecular Hbond substituents is 1. The number of hydrogen-bond acceptors (Lipinski definition) is 18. The Bertz CT molecular complexity index is 1660. The van der Waals surface area contributed by atoms with Gasteiger partial charge in [-0.3, -0.25) is 0 Å². The lowest BCUT2D eigenvalue weighted by molar-refractivity contribution is -0.432. The SMILES string of the molecule is C=CCCCOCCCNc1nc(Cl)nc(Nc2ccc(N=Nc3c(N)ccc4cc(SOOO)cc(O)c34)c(SOOO)c2)n1. The van der Waals surface area contributed by atoms with Gasteiger partial charge >= 0.3 is 0 Å². The van der Waals surface area contributed by atoms with Gasteiger partial charge in [0.25, 0.3) is 0 Å². The third-order valence-corrected chi connectivity index (χ3v) is 7.28. The highest BCUT2D eigenvalue weighted by Crippen LogP contribution is 2.42. The van der Waals surface area contributed by atoms with Gasteiger partial charge in [0.15, 0.2) is 0 Å². The number of azo groups is 1. The molecule has 244 valence electrons. The lowest BCUT2D eigenvalue weighted by Gasteiger charge is -2.11. The van der Waals surface area contributed by atoms with E-state index in [9.17, 15) is 5.11 Å². The molecule has 7 N–H and O–H groups in total. The van der Waals surface area contributed by atoms with Crippen LogP contribution in [0.3, 0.4) is 0 Å². The molecule has 4 aromatic rings. The molecule has 0 aliphatic rings. The van der Waals surface area contributed by atoms with Gasteiger partial charge in [0.1, 0.15) is 17.1 Å². The lowest BCUT2D eigenvalue weighted by atomic mass is 10.1. The van der Waals surface area contributed by atoms with Crippen LogP contribution in [0.25, 0.3) is 10.8 Å². The highest BCUT2D eigenvalue weighted by atomic mass is 35.5. The van der Waals surface area contributed by atoms with Crippen LogP contribution in [0.1, 0.15) is 19.3 Å². The Morgan fingerprint density at radius 3 is 2.54 bits per heavy atom. The number of fused-ring (bicyclic) bond motifs is 1. The number of benzene rings is 3. The molecular weight excluding hydrogens is 664 g/mol. The maximum absolute atomic E-state index is 10.7. The summed E-state index contributed by atoms with van der Waals surface area (Å²) in [5.74, 6) is 0.286. The van der Waals surface area contributed by atoms with Gasteiger partial charge in [-0.2, -0.15) is 15.0 Å². The summed E-state index contributed by atoms with van der Waals surface area (Å²) in [6, 6.07) is 11.2. The van der Waals surface area contributed by atoms with Gasteiger partial charge in [0.2, 0.25) is 17.2 Å². The minimum Gasteiger partial charge on any atom is -0.507 e. The molecule has 16 nitrogen and oxygen atoms in total. The summed E-state index contributed by atoms with van der Waals surface area (Å²) < 4.78 is 14.7. The Balaban J connectivity index is 1.50. The zero-order valence-electron chi connectivity index (χ0n) is 24.0. The number of hydrogen-bond donors (Lipinski definition) is 6.